The van der Waals surface area contributed by atoms with E-state index in [0.717, 1.165) is 25.9 Å². The number of carboxylic acids is 1. The van der Waals surface area contributed by atoms with Crippen molar-refractivity contribution in [3.05, 3.63) is 0 Å². The van der Waals surface area contributed by atoms with Gasteiger partial charge in [-0.1, -0.05) is 6.92 Å². The molecule has 0 aromatic rings. The summed E-state index contributed by atoms with van der Waals surface area (Å²) in [7, 11) is 1.61. The van der Waals surface area contributed by atoms with Gasteiger partial charge in [-0.25, -0.2) is 0 Å². The van der Waals surface area contributed by atoms with Crippen molar-refractivity contribution in [2.24, 2.45) is 17.3 Å². The highest BCUT2D eigenvalue weighted by Gasteiger charge is 2.46. The number of piperidine rings is 1. The second-order valence-corrected chi connectivity index (χ2v) is 6.10. The number of amides is 1. The van der Waals surface area contributed by atoms with E-state index >= 15 is 0 Å². The van der Waals surface area contributed by atoms with Gasteiger partial charge in [-0.05, 0) is 31.8 Å². The molecule has 0 aromatic carbocycles. The summed E-state index contributed by atoms with van der Waals surface area (Å²) in [5.74, 6) is -1.17. The number of likely N-dealkylation sites (tertiary alicyclic amines) is 1. The van der Waals surface area contributed by atoms with Gasteiger partial charge in [-0.15, -0.1) is 0 Å². The van der Waals surface area contributed by atoms with Crippen LogP contribution in [0.5, 0.6) is 0 Å². The van der Waals surface area contributed by atoms with Gasteiger partial charge in [0.25, 0.3) is 0 Å². The molecule has 0 spiro atoms. The van der Waals surface area contributed by atoms with Crippen LogP contribution in [0.3, 0.4) is 0 Å². The number of ether oxygens (including phenoxy) is 1. The minimum absolute atomic E-state index is 0.0118. The molecule has 2 N–H and O–H groups in total. The van der Waals surface area contributed by atoms with Gasteiger partial charge >= 0.3 is 5.97 Å². The zero-order valence-corrected chi connectivity index (χ0v) is 12.2. The van der Waals surface area contributed by atoms with Crippen molar-refractivity contribution < 1.29 is 19.4 Å². The van der Waals surface area contributed by atoms with Crippen LogP contribution in [0.1, 0.15) is 19.8 Å². The Labute approximate surface area is 119 Å². The average Bonchev–Trinajstić information content (AvgIpc) is 2.81. The Morgan fingerprint density at radius 1 is 1.35 bits per heavy atom. The smallest absolute Gasteiger partial charge is 0.308 e. The second kappa shape index (κ2) is 6.10. The molecule has 2 atom stereocenters. The average molecular weight is 284 g/mol. The molecule has 2 saturated heterocycles. The van der Waals surface area contributed by atoms with Crippen molar-refractivity contribution in [2.75, 3.05) is 39.9 Å². The number of aliphatic carboxylic acids is 1. The van der Waals surface area contributed by atoms with E-state index in [1.165, 1.54) is 0 Å². The summed E-state index contributed by atoms with van der Waals surface area (Å²) in [6, 6.07) is 0. The lowest BCUT2D eigenvalue weighted by molar-refractivity contribution is -0.147. The molecule has 2 rings (SSSR count). The summed E-state index contributed by atoms with van der Waals surface area (Å²) < 4.78 is 5.27. The summed E-state index contributed by atoms with van der Waals surface area (Å²) in [6.45, 7) is 4.79. The Bertz CT molecular complexity index is 374. The third kappa shape index (κ3) is 2.81. The summed E-state index contributed by atoms with van der Waals surface area (Å²) in [5, 5.41) is 12.4. The van der Waals surface area contributed by atoms with Crippen LogP contribution in [0.25, 0.3) is 0 Å². The molecule has 0 bridgehead atoms. The van der Waals surface area contributed by atoms with Gasteiger partial charge in [0, 0.05) is 20.2 Å². The first-order chi connectivity index (χ1) is 9.50. The first-order valence-electron chi connectivity index (χ1n) is 7.22. The molecule has 2 heterocycles. The minimum Gasteiger partial charge on any atom is -0.481 e. The molecule has 6 heteroatoms. The van der Waals surface area contributed by atoms with Crippen LogP contribution in [-0.2, 0) is 14.3 Å². The van der Waals surface area contributed by atoms with Crippen LogP contribution in [0.4, 0.5) is 0 Å². The van der Waals surface area contributed by atoms with Crippen LogP contribution >= 0.6 is 0 Å². The highest BCUT2D eigenvalue weighted by atomic mass is 16.5. The first-order valence-corrected chi connectivity index (χ1v) is 7.22. The van der Waals surface area contributed by atoms with Crippen LogP contribution < -0.4 is 5.32 Å². The molecule has 0 aliphatic carbocycles. The predicted octanol–water partition coefficient (Wildman–Crippen LogP) is 0.182. The zero-order valence-electron chi connectivity index (χ0n) is 12.2. The van der Waals surface area contributed by atoms with Crippen molar-refractivity contribution in [2.45, 2.75) is 19.8 Å². The van der Waals surface area contributed by atoms with Gasteiger partial charge in [-0.3, -0.25) is 9.59 Å². The fourth-order valence-electron chi connectivity index (χ4n) is 3.39. The Morgan fingerprint density at radius 2 is 2.00 bits per heavy atom. The molecule has 2 fully saturated rings. The number of hydrogen-bond acceptors (Lipinski definition) is 4. The number of carbonyl (C=O) groups excluding carboxylic acids is 1. The summed E-state index contributed by atoms with van der Waals surface area (Å²) in [6.07, 6.45) is 1.50. The van der Waals surface area contributed by atoms with Gasteiger partial charge in [0.1, 0.15) is 0 Å². The van der Waals surface area contributed by atoms with Crippen LogP contribution in [0.15, 0.2) is 0 Å². The monoisotopic (exact) mass is 284 g/mol. The second-order valence-electron chi connectivity index (χ2n) is 6.10. The number of nitrogens with zero attached hydrogens (tertiary/aromatic N) is 1. The Balaban J connectivity index is 2.10. The molecule has 6 nitrogen and oxygen atoms in total. The lowest BCUT2D eigenvalue weighted by Crippen LogP contribution is -2.51. The topological polar surface area (TPSA) is 78.9 Å². The number of nitrogens with one attached hydrogen (secondary N) is 1. The summed E-state index contributed by atoms with van der Waals surface area (Å²) in [4.78, 5) is 25.8. The Hall–Kier alpha value is -1.14. The van der Waals surface area contributed by atoms with Crippen molar-refractivity contribution in [1.82, 2.24) is 10.2 Å². The normalized spacial score (nSPS) is 29.4. The Morgan fingerprint density at radius 3 is 2.50 bits per heavy atom. The molecule has 2 aliphatic heterocycles. The Kier molecular flexibility index (Phi) is 4.65. The van der Waals surface area contributed by atoms with Gasteiger partial charge in [0.2, 0.25) is 5.91 Å². The molecule has 2 aliphatic rings. The van der Waals surface area contributed by atoms with E-state index in [9.17, 15) is 14.7 Å². The number of rotatable bonds is 4. The molecule has 114 valence electrons. The van der Waals surface area contributed by atoms with Crippen molar-refractivity contribution in [3.63, 3.8) is 0 Å². The van der Waals surface area contributed by atoms with Crippen molar-refractivity contribution in [3.8, 4) is 0 Å². The van der Waals surface area contributed by atoms with Crippen LogP contribution in [0, 0.1) is 17.3 Å². The van der Waals surface area contributed by atoms with Crippen LogP contribution in [0.2, 0.25) is 0 Å². The van der Waals surface area contributed by atoms with E-state index in [2.05, 4.69) is 5.32 Å². The van der Waals surface area contributed by atoms with Gasteiger partial charge in [0.15, 0.2) is 0 Å². The standard InChI is InChI=1S/C14H24N2O4/c1-10-7-16(8-11(10)12(17)18)13(19)14(9-20-2)3-5-15-6-4-14/h10-11,15H,3-9H2,1-2H3,(H,17,18). The first kappa shape index (κ1) is 15.3. The molecular formula is C14H24N2O4. The van der Waals surface area contributed by atoms with Gasteiger partial charge < -0.3 is 20.1 Å². The maximum absolute atomic E-state index is 12.9. The number of carbonyl (C=O) groups is 2. The van der Waals surface area contributed by atoms with Gasteiger partial charge in [0.05, 0.1) is 17.9 Å². The molecule has 0 radical (unpaired) electrons. The predicted molar refractivity (Wildman–Crippen MR) is 73.3 cm³/mol. The highest BCUT2D eigenvalue weighted by Crippen LogP contribution is 2.34. The fraction of sp³-hybridized carbons (Fsp3) is 0.857. The van der Waals surface area contributed by atoms with E-state index in [0.29, 0.717) is 19.7 Å². The molecule has 0 saturated carbocycles. The number of hydrogen-bond donors (Lipinski definition) is 2. The molecule has 1 amide bonds. The SMILES string of the molecule is COCC1(C(=O)N2CC(C)C(C(=O)O)C2)CCNCC1. The van der Waals surface area contributed by atoms with E-state index in [4.69, 9.17) is 4.74 Å². The van der Waals surface area contributed by atoms with Crippen LogP contribution in [-0.4, -0.2) is 61.8 Å². The van der Waals surface area contributed by atoms with E-state index in [1.807, 2.05) is 6.92 Å². The lowest BCUT2D eigenvalue weighted by atomic mass is 9.78. The number of methoxy groups -OCH3 is 1. The van der Waals surface area contributed by atoms with Crippen molar-refractivity contribution in [1.29, 1.82) is 0 Å². The number of carboxylic acid groups (broad SMARTS) is 1. The van der Waals surface area contributed by atoms with E-state index < -0.39 is 17.3 Å². The lowest BCUT2D eigenvalue weighted by Gasteiger charge is -2.38. The highest BCUT2D eigenvalue weighted by molar-refractivity contribution is 5.84. The summed E-state index contributed by atoms with van der Waals surface area (Å²) >= 11 is 0. The third-order valence-corrected chi connectivity index (χ3v) is 4.65. The zero-order chi connectivity index (χ0) is 14.8. The maximum atomic E-state index is 12.9. The third-order valence-electron chi connectivity index (χ3n) is 4.65. The minimum atomic E-state index is -0.807. The van der Waals surface area contributed by atoms with Gasteiger partial charge in [-0.2, -0.15) is 0 Å². The summed E-state index contributed by atoms with van der Waals surface area (Å²) in [5.41, 5.74) is -0.479. The molecular weight excluding hydrogens is 260 g/mol. The van der Waals surface area contributed by atoms with Crippen molar-refractivity contribution >= 4 is 11.9 Å². The fourth-order valence-corrected chi connectivity index (χ4v) is 3.39. The molecule has 20 heavy (non-hydrogen) atoms. The van der Waals surface area contributed by atoms with E-state index in [1.54, 1.807) is 12.0 Å². The molecule has 0 aromatic heterocycles. The van der Waals surface area contributed by atoms with E-state index in [-0.39, 0.29) is 11.8 Å². The largest absolute Gasteiger partial charge is 0.481 e. The quantitative estimate of drug-likeness (QED) is 0.770. The molecule has 2 unspecified atom stereocenters. The maximum Gasteiger partial charge on any atom is 0.308 e.